The molecule has 3 rings (SSSR count). The number of hydrogen-bond acceptors (Lipinski definition) is 3. The number of aryl methyl sites for hydroxylation is 1. The number of hydrogen-bond donors (Lipinski definition) is 0. The summed E-state index contributed by atoms with van der Waals surface area (Å²) in [5.74, 6) is -0.288. The van der Waals surface area contributed by atoms with Crippen LogP contribution in [0.4, 0.5) is 13.2 Å². The van der Waals surface area contributed by atoms with Gasteiger partial charge in [-0.25, -0.2) is 0 Å². The van der Waals surface area contributed by atoms with Crippen molar-refractivity contribution in [2.75, 3.05) is 19.7 Å². The Hall–Kier alpha value is -2.06. The Kier molecular flexibility index (Phi) is 5.52. The number of alkyl halides is 3. The number of carbonyl (C=O) groups excluding carboxylic acids is 1. The summed E-state index contributed by atoms with van der Waals surface area (Å²) in [6.45, 7) is 0.746. The van der Waals surface area contributed by atoms with Crippen LogP contribution < -0.4 is 0 Å². The summed E-state index contributed by atoms with van der Waals surface area (Å²) in [7, 11) is 0. The van der Waals surface area contributed by atoms with Crippen molar-refractivity contribution in [1.82, 2.24) is 14.7 Å². The molecule has 0 saturated carbocycles. The van der Waals surface area contributed by atoms with E-state index in [9.17, 15) is 18.0 Å². The molecule has 1 aromatic carbocycles. The van der Waals surface area contributed by atoms with E-state index in [0.29, 0.717) is 24.7 Å². The van der Waals surface area contributed by atoms with Crippen molar-refractivity contribution in [2.45, 2.75) is 25.2 Å². The van der Waals surface area contributed by atoms with Crippen LogP contribution in [0.2, 0.25) is 5.02 Å². The maximum Gasteiger partial charge on any atom is 0.390 e. The molecular weight excluding hydrogens is 371 g/mol. The van der Waals surface area contributed by atoms with Crippen LogP contribution in [-0.2, 0) is 11.3 Å². The van der Waals surface area contributed by atoms with Gasteiger partial charge in [-0.1, -0.05) is 29.8 Å². The van der Waals surface area contributed by atoms with Crippen molar-refractivity contribution in [2.24, 2.45) is 0 Å². The predicted octanol–water partition coefficient (Wildman–Crippen LogP) is 3.70. The molecule has 5 nitrogen and oxygen atoms in total. The molecule has 2 aromatic rings. The molecule has 1 atom stereocenters. The molecule has 1 unspecified atom stereocenters. The van der Waals surface area contributed by atoms with Crippen molar-refractivity contribution >= 4 is 17.5 Å². The molecule has 1 amide bonds. The van der Waals surface area contributed by atoms with Gasteiger partial charge in [0.25, 0.3) is 5.91 Å². The number of benzene rings is 1. The summed E-state index contributed by atoms with van der Waals surface area (Å²) < 4.78 is 43.7. The Morgan fingerprint density at radius 3 is 2.85 bits per heavy atom. The molecule has 0 N–H and O–H groups in total. The minimum absolute atomic E-state index is 0.256. The summed E-state index contributed by atoms with van der Waals surface area (Å²) in [5.41, 5.74) is 1.06. The van der Waals surface area contributed by atoms with E-state index in [1.54, 1.807) is 11.0 Å². The molecule has 1 fully saturated rings. The lowest BCUT2D eigenvalue weighted by Crippen LogP contribution is -2.42. The molecule has 0 aliphatic carbocycles. The SMILES string of the molecule is O=C(c1cnn(CCC(F)(F)F)c1)N1CCOC(c2ccccc2Cl)C1. The highest BCUT2D eigenvalue weighted by atomic mass is 35.5. The number of morpholine rings is 1. The van der Waals surface area contributed by atoms with Gasteiger partial charge < -0.3 is 9.64 Å². The van der Waals surface area contributed by atoms with E-state index in [1.165, 1.54) is 12.4 Å². The summed E-state index contributed by atoms with van der Waals surface area (Å²) >= 11 is 6.19. The number of nitrogens with zero attached hydrogens (tertiary/aromatic N) is 3. The monoisotopic (exact) mass is 387 g/mol. The number of carbonyl (C=O) groups is 1. The highest BCUT2D eigenvalue weighted by molar-refractivity contribution is 6.31. The third-order valence-corrected chi connectivity index (χ3v) is 4.45. The van der Waals surface area contributed by atoms with Crippen LogP contribution in [0, 0.1) is 0 Å². The Labute approximate surface area is 153 Å². The highest BCUT2D eigenvalue weighted by Crippen LogP contribution is 2.29. The number of rotatable bonds is 4. The second kappa shape index (κ2) is 7.67. The van der Waals surface area contributed by atoms with Crippen LogP contribution in [0.1, 0.15) is 28.4 Å². The second-order valence-corrected chi connectivity index (χ2v) is 6.40. The average molecular weight is 388 g/mol. The van der Waals surface area contributed by atoms with E-state index >= 15 is 0 Å². The van der Waals surface area contributed by atoms with E-state index in [2.05, 4.69) is 5.10 Å². The molecule has 9 heteroatoms. The number of halogens is 4. The lowest BCUT2D eigenvalue weighted by atomic mass is 10.1. The summed E-state index contributed by atoms with van der Waals surface area (Å²) in [6, 6.07) is 7.25. The molecule has 140 valence electrons. The van der Waals surface area contributed by atoms with Crippen LogP contribution in [0.25, 0.3) is 0 Å². The van der Waals surface area contributed by atoms with Gasteiger partial charge in [0, 0.05) is 29.9 Å². The van der Waals surface area contributed by atoms with Crippen LogP contribution in [0.5, 0.6) is 0 Å². The molecule has 1 aromatic heterocycles. The standard InChI is InChI=1S/C17H17ClF3N3O2/c18-14-4-2-1-3-13(14)15-11-23(7-8-26-15)16(25)12-9-22-24(10-12)6-5-17(19,20)21/h1-4,9-10,15H,5-8,11H2. The smallest absolute Gasteiger partial charge is 0.370 e. The molecular formula is C17H17ClF3N3O2. The summed E-state index contributed by atoms with van der Waals surface area (Å²) in [6.07, 6.45) is -2.97. The fraction of sp³-hybridized carbons (Fsp3) is 0.412. The van der Waals surface area contributed by atoms with E-state index in [4.69, 9.17) is 16.3 Å². The van der Waals surface area contributed by atoms with Crippen LogP contribution in [0.15, 0.2) is 36.7 Å². The van der Waals surface area contributed by atoms with Gasteiger partial charge in [-0.2, -0.15) is 18.3 Å². The maximum absolute atomic E-state index is 12.6. The van der Waals surface area contributed by atoms with Crippen molar-refractivity contribution in [1.29, 1.82) is 0 Å². The van der Waals surface area contributed by atoms with Crippen LogP contribution in [-0.4, -0.2) is 46.5 Å². The van der Waals surface area contributed by atoms with Gasteiger partial charge in [0.1, 0.15) is 6.10 Å². The van der Waals surface area contributed by atoms with Gasteiger partial charge in [-0.05, 0) is 6.07 Å². The Bertz CT molecular complexity index is 779. The molecule has 1 aliphatic heterocycles. The Morgan fingerprint density at radius 2 is 2.12 bits per heavy atom. The zero-order chi connectivity index (χ0) is 18.7. The van der Waals surface area contributed by atoms with Gasteiger partial charge in [0.15, 0.2) is 0 Å². The molecule has 0 radical (unpaired) electrons. The second-order valence-electron chi connectivity index (χ2n) is 5.99. The zero-order valence-electron chi connectivity index (χ0n) is 13.7. The molecule has 26 heavy (non-hydrogen) atoms. The van der Waals surface area contributed by atoms with Gasteiger partial charge in [0.2, 0.25) is 0 Å². The van der Waals surface area contributed by atoms with Crippen molar-refractivity contribution in [3.05, 3.63) is 52.8 Å². The number of aromatic nitrogens is 2. The van der Waals surface area contributed by atoms with Gasteiger partial charge in [0.05, 0.1) is 31.3 Å². The minimum Gasteiger partial charge on any atom is -0.370 e. The first kappa shape index (κ1) is 18.7. The normalized spacial score (nSPS) is 18.2. The maximum atomic E-state index is 12.6. The first-order valence-electron chi connectivity index (χ1n) is 8.08. The van der Waals surface area contributed by atoms with E-state index in [1.807, 2.05) is 18.2 Å². The fourth-order valence-electron chi connectivity index (χ4n) is 2.78. The molecule has 1 saturated heterocycles. The summed E-state index contributed by atoms with van der Waals surface area (Å²) in [4.78, 5) is 14.2. The van der Waals surface area contributed by atoms with Crippen LogP contribution in [0.3, 0.4) is 0 Å². The van der Waals surface area contributed by atoms with E-state index < -0.39 is 12.6 Å². The van der Waals surface area contributed by atoms with Gasteiger partial charge in [-0.3, -0.25) is 9.48 Å². The molecule has 1 aliphatic rings. The fourth-order valence-corrected chi connectivity index (χ4v) is 3.04. The topological polar surface area (TPSA) is 47.4 Å². The lowest BCUT2D eigenvalue weighted by Gasteiger charge is -2.33. The largest absolute Gasteiger partial charge is 0.390 e. The summed E-state index contributed by atoms with van der Waals surface area (Å²) in [5, 5.41) is 4.41. The average Bonchev–Trinajstić information content (AvgIpc) is 3.08. The van der Waals surface area contributed by atoms with Crippen LogP contribution >= 0.6 is 11.6 Å². The first-order valence-corrected chi connectivity index (χ1v) is 8.46. The molecule has 0 spiro atoms. The lowest BCUT2D eigenvalue weighted by molar-refractivity contribution is -0.137. The van der Waals surface area contributed by atoms with Crippen molar-refractivity contribution in [3.8, 4) is 0 Å². The quantitative estimate of drug-likeness (QED) is 0.803. The Balaban J connectivity index is 1.66. The zero-order valence-corrected chi connectivity index (χ0v) is 14.5. The van der Waals surface area contributed by atoms with Gasteiger partial charge in [-0.15, -0.1) is 0 Å². The highest BCUT2D eigenvalue weighted by Gasteiger charge is 2.29. The molecule has 0 bridgehead atoms. The van der Waals surface area contributed by atoms with Crippen molar-refractivity contribution in [3.63, 3.8) is 0 Å². The third kappa shape index (κ3) is 4.56. The van der Waals surface area contributed by atoms with Gasteiger partial charge >= 0.3 is 6.18 Å². The predicted molar refractivity (Wildman–Crippen MR) is 88.9 cm³/mol. The van der Waals surface area contributed by atoms with E-state index in [-0.39, 0.29) is 24.1 Å². The molecule has 2 heterocycles. The Morgan fingerprint density at radius 1 is 1.35 bits per heavy atom. The van der Waals surface area contributed by atoms with Crippen molar-refractivity contribution < 1.29 is 22.7 Å². The minimum atomic E-state index is -4.26. The number of amides is 1. The number of ether oxygens (including phenoxy) is 1. The first-order chi connectivity index (χ1) is 12.3. The van der Waals surface area contributed by atoms with E-state index in [0.717, 1.165) is 10.2 Å². The third-order valence-electron chi connectivity index (χ3n) is 4.11.